The van der Waals surface area contributed by atoms with Gasteiger partial charge >= 0.3 is 6.18 Å². The van der Waals surface area contributed by atoms with E-state index in [1.165, 1.54) is 30.9 Å². The normalized spacial score (nSPS) is 12.0. The monoisotopic (exact) mass is 327 g/mol. The number of hydrogen-bond acceptors (Lipinski definition) is 5. The molecule has 0 saturated carbocycles. The second-order valence-electron chi connectivity index (χ2n) is 4.85. The number of nitrogens with one attached hydrogen (secondary N) is 1. The molecular formula is C13H12F3N5S. The maximum atomic E-state index is 12.9. The van der Waals surface area contributed by atoms with E-state index in [2.05, 4.69) is 20.4 Å². The van der Waals surface area contributed by atoms with Crippen molar-refractivity contribution in [3.63, 3.8) is 0 Å². The first-order valence-electron chi connectivity index (χ1n) is 6.38. The van der Waals surface area contributed by atoms with Gasteiger partial charge in [0, 0.05) is 25.4 Å². The highest BCUT2D eigenvalue weighted by Crippen LogP contribution is 2.32. The fourth-order valence-electron chi connectivity index (χ4n) is 2.18. The summed E-state index contributed by atoms with van der Waals surface area (Å²) in [4.78, 5) is 8.29. The molecule has 0 bridgehead atoms. The summed E-state index contributed by atoms with van der Waals surface area (Å²) in [5.74, 6) is 0.528. The van der Waals surface area contributed by atoms with Crippen molar-refractivity contribution in [1.82, 2.24) is 19.7 Å². The third-order valence-corrected chi connectivity index (χ3v) is 4.24. The molecule has 0 aliphatic carbocycles. The van der Waals surface area contributed by atoms with Gasteiger partial charge < -0.3 is 5.32 Å². The van der Waals surface area contributed by atoms with Crippen molar-refractivity contribution < 1.29 is 13.2 Å². The predicted molar refractivity (Wildman–Crippen MR) is 77.7 cm³/mol. The Kier molecular flexibility index (Phi) is 3.51. The Morgan fingerprint density at radius 3 is 2.82 bits per heavy atom. The summed E-state index contributed by atoms with van der Waals surface area (Å²) in [5, 5.41) is 8.37. The van der Waals surface area contributed by atoms with Gasteiger partial charge in [-0.25, -0.2) is 9.97 Å². The molecule has 3 aromatic rings. The van der Waals surface area contributed by atoms with Gasteiger partial charge in [0.05, 0.1) is 10.2 Å². The summed E-state index contributed by atoms with van der Waals surface area (Å²) < 4.78 is 40.7. The number of thiophene rings is 1. The molecule has 0 spiro atoms. The van der Waals surface area contributed by atoms with E-state index in [9.17, 15) is 13.2 Å². The summed E-state index contributed by atoms with van der Waals surface area (Å²) in [6, 6.07) is 0. The van der Waals surface area contributed by atoms with Crippen molar-refractivity contribution in [3.8, 4) is 0 Å². The Balaban J connectivity index is 1.89. The number of hydrogen-bond donors (Lipinski definition) is 1. The maximum Gasteiger partial charge on any atom is 0.435 e. The Morgan fingerprint density at radius 1 is 1.32 bits per heavy atom. The molecular weight excluding hydrogens is 315 g/mol. The van der Waals surface area contributed by atoms with Crippen LogP contribution < -0.4 is 5.32 Å². The molecule has 9 heteroatoms. The van der Waals surface area contributed by atoms with E-state index < -0.39 is 11.9 Å². The smallest absolute Gasteiger partial charge is 0.365 e. The van der Waals surface area contributed by atoms with Crippen LogP contribution in [0.15, 0.2) is 17.9 Å². The predicted octanol–water partition coefficient (Wildman–Crippen LogP) is 3.36. The van der Waals surface area contributed by atoms with Crippen molar-refractivity contribution in [2.24, 2.45) is 7.05 Å². The lowest BCUT2D eigenvalue weighted by molar-refractivity contribution is -0.142. The average molecular weight is 327 g/mol. The van der Waals surface area contributed by atoms with Gasteiger partial charge in [-0.3, -0.25) is 4.68 Å². The third-order valence-electron chi connectivity index (χ3n) is 3.15. The minimum absolute atomic E-state index is 0.00819. The van der Waals surface area contributed by atoms with Crippen molar-refractivity contribution in [3.05, 3.63) is 34.7 Å². The minimum atomic E-state index is -4.47. The number of anilines is 1. The van der Waals surface area contributed by atoms with E-state index >= 15 is 0 Å². The Morgan fingerprint density at radius 2 is 2.09 bits per heavy atom. The maximum absolute atomic E-state index is 12.9. The summed E-state index contributed by atoms with van der Waals surface area (Å²) in [6.45, 7) is 1.92. The van der Waals surface area contributed by atoms with Gasteiger partial charge in [-0.05, 0) is 17.9 Å². The van der Waals surface area contributed by atoms with E-state index in [4.69, 9.17) is 0 Å². The highest BCUT2D eigenvalue weighted by atomic mass is 32.1. The van der Waals surface area contributed by atoms with Crippen molar-refractivity contribution >= 4 is 27.4 Å². The molecule has 1 N–H and O–H groups in total. The van der Waals surface area contributed by atoms with Crippen molar-refractivity contribution in [1.29, 1.82) is 0 Å². The highest BCUT2D eigenvalue weighted by Gasteiger charge is 2.36. The zero-order valence-electron chi connectivity index (χ0n) is 11.8. The van der Waals surface area contributed by atoms with Crippen LogP contribution in [0.2, 0.25) is 0 Å². The lowest BCUT2D eigenvalue weighted by Crippen LogP contribution is -2.12. The first-order valence-corrected chi connectivity index (χ1v) is 7.26. The SMILES string of the molecule is Cc1csc2c(NCc3cn(C)nc3C(F)(F)F)ncnc12. The molecule has 22 heavy (non-hydrogen) atoms. The van der Waals surface area contributed by atoms with Crippen LogP contribution in [0.5, 0.6) is 0 Å². The third kappa shape index (κ3) is 2.63. The van der Waals surface area contributed by atoms with E-state index in [0.29, 0.717) is 5.82 Å². The first-order chi connectivity index (χ1) is 10.4. The van der Waals surface area contributed by atoms with Crippen LogP contribution in [0, 0.1) is 6.92 Å². The van der Waals surface area contributed by atoms with Crippen LogP contribution in [0.4, 0.5) is 19.0 Å². The number of nitrogens with zero attached hydrogens (tertiary/aromatic N) is 4. The van der Waals surface area contributed by atoms with Crippen molar-refractivity contribution in [2.75, 3.05) is 5.32 Å². The number of alkyl halides is 3. The summed E-state index contributed by atoms with van der Waals surface area (Å²) >= 11 is 1.46. The molecule has 3 rings (SSSR count). The largest absolute Gasteiger partial charge is 0.435 e. The molecule has 0 amide bonds. The van der Waals surface area contributed by atoms with E-state index in [1.54, 1.807) is 0 Å². The van der Waals surface area contributed by atoms with Gasteiger partial charge in [0.2, 0.25) is 0 Å². The number of aromatic nitrogens is 4. The lowest BCUT2D eigenvalue weighted by Gasteiger charge is -2.08. The molecule has 0 aromatic carbocycles. The molecule has 0 fully saturated rings. The van der Waals surface area contributed by atoms with Crippen molar-refractivity contribution in [2.45, 2.75) is 19.6 Å². The lowest BCUT2D eigenvalue weighted by atomic mass is 10.2. The molecule has 0 aliphatic rings. The minimum Gasteiger partial charge on any atom is -0.365 e. The molecule has 0 aliphatic heterocycles. The second-order valence-corrected chi connectivity index (χ2v) is 5.73. The summed E-state index contributed by atoms with van der Waals surface area (Å²) in [5.41, 5.74) is 1.03. The molecule has 3 aromatic heterocycles. The summed E-state index contributed by atoms with van der Waals surface area (Å²) in [6.07, 6.45) is -1.72. The highest BCUT2D eigenvalue weighted by molar-refractivity contribution is 7.18. The van der Waals surface area contributed by atoms with Crippen LogP contribution in [-0.4, -0.2) is 19.7 Å². The number of aryl methyl sites for hydroxylation is 2. The summed E-state index contributed by atoms with van der Waals surface area (Å²) in [7, 11) is 1.46. The fourth-order valence-corrected chi connectivity index (χ4v) is 3.15. The van der Waals surface area contributed by atoms with E-state index in [-0.39, 0.29) is 12.1 Å². The Hall–Kier alpha value is -2.16. The Bertz CT molecular complexity index is 821. The van der Waals surface area contributed by atoms with Crippen LogP contribution in [0.3, 0.4) is 0 Å². The Labute approximate surface area is 127 Å². The van der Waals surface area contributed by atoms with Gasteiger partial charge in [0.25, 0.3) is 0 Å². The van der Waals surface area contributed by atoms with E-state index in [1.807, 2.05) is 12.3 Å². The van der Waals surface area contributed by atoms with Gasteiger partial charge in [0.15, 0.2) is 5.69 Å². The van der Waals surface area contributed by atoms with E-state index in [0.717, 1.165) is 20.5 Å². The molecule has 116 valence electrons. The quantitative estimate of drug-likeness (QED) is 0.801. The van der Waals surface area contributed by atoms with Gasteiger partial charge in [-0.15, -0.1) is 11.3 Å². The first kappa shape index (κ1) is 14.8. The van der Waals surface area contributed by atoms with Crippen LogP contribution in [0.1, 0.15) is 16.8 Å². The molecule has 0 saturated heterocycles. The molecule has 5 nitrogen and oxygen atoms in total. The number of rotatable bonds is 3. The molecule has 0 radical (unpaired) electrons. The fraction of sp³-hybridized carbons (Fsp3) is 0.308. The van der Waals surface area contributed by atoms with Crippen LogP contribution in [-0.2, 0) is 19.8 Å². The van der Waals surface area contributed by atoms with Crippen LogP contribution >= 0.6 is 11.3 Å². The molecule has 0 unspecified atom stereocenters. The average Bonchev–Trinajstić information content (AvgIpc) is 3.00. The molecule has 0 atom stereocenters. The topological polar surface area (TPSA) is 55.6 Å². The molecule has 3 heterocycles. The number of fused-ring (bicyclic) bond motifs is 1. The number of halogens is 3. The van der Waals surface area contributed by atoms with Gasteiger partial charge in [-0.2, -0.15) is 18.3 Å². The second kappa shape index (κ2) is 5.24. The zero-order chi connectivity index (χ0) is 15.9. The zero-order valence-corrected chi connectivity index (χ0v) is 12.6. The van der Waals surface area contributed by atoms with Gasteiger partial charge in [0.1, 0.15) is 12.1 Å². The van der Waals surface area contributed by atoms with Gasteiger partial charge in [-0.1, -0.05) is 0 Å². The van der Waals surface area contributed by atoms with Crippen LogP contribution in [0.25, 0.3) is 10.2 Å². The standard InChI is InChI=1S/C13H12F3N5S/c1-7-5-22-10-9(7)18-6-19-12(10)17-3-8-4-21(2)20-11(8)13(14,15)16/h4-6H,3H2,1-2H3,(H,17,18,19).